The minimum Gasteiger partial charge on any atom is -0.378 e. The molecule has 2 atom stereocenters. The third-order valence-corrected chi connectivity index (χ3v) is 6.64. The van der Waals surface area contributed by atoms with E-state index in [1.165, 1.54) is 0 Å². The summed E-state index contributed by atoms with van der Waals surface area (Å²) in [4.78, 5) is 41.9. The lowest BCUT2D eigenvalue weighted by Gasteiger charge is -2.34. The van der Waals surface area contributed by atoms with Gasteiger partial charge in [-0.2, -0.15) is 5.10 Å². The average Bonchev–Trinajstić information content (AvgIpc) is 3.45. The van der Waals surface area contributed by atoms with Crippen molar-refractivity contribution in [2.24, 2.45) is 0 Å². The zero-order valence-electron chi connectivity index (χ0n) is 17.9. The molecule has 2 aromatic rings. The largest absolute Gasteiger partial charge is 0.378 e. The maximum Gasteiger partial charge on any atom is 0.257 e. The molecule has 0 unspecified atom stereocenters. The van der Waals surface area contributed by atoms with Gasteiger partial charge in [0.25, 0.3) is 11.8 Å². The number of aromatic amines is 1. The third-order valence-electron chi connectivity index (χ3n) is 6.64. The summed E-state index contributed by atoms with van der Waals surface area (Å²) in [6.07, 6.45) is 3.57. The van der Waals surface area contributed by atoms with E-state index in [-0.39, 0.29) is 36.1 Å². The molecule has 3 aliphatic heterocycles. The molecule has 2 N–H and O–H groups in total. The van der Waals surface area contributed by atoms with Crippen LogP contribution in [0.4, 0.5) is 0 Å². The Kier molecular flexibility index (Phi) is 5.65. The van der Waals surface area contributed by atoms with Crippen LogP contribution in [0.15, 0.2) is 30.5 Å². The predicted octanol–water partition coefficient (Wildman–Crippen LogP) is 1.46. The van der Waals surface area contributed by atoms with Crippen molar-refractivity contribution in [3.8, 4) is 0 Å². The van der Waals surface area contributed by atoms with E-state index in [2.05, 4.69) is 15.5 Å². The van der Waals surface area contributed by atoms with Crippen molar-refractivity contribution >= 4 is 17.7 Å². The fourth-order valence-corrected chi connectivity index (χ4v) is 4.94. The first kappa shape index (κ1) is 20.7. The van der Waals surface area contributed by atoms with Crippen LogP contribution in [0.25, 0.3) is 0 Å². The highest BCUT2D eigenvalue weighted by Crippen LogP contribution is 2.31. The number of benzene rings is 1. The normalized spacial score (nSPS) is 23.1. The van der Waals surface area contributed by atoms with Gasteiger partial charge in [0.2, 0.25) is 5.91 Å². The SMILES string of the molecule is O=C1N[C@@H](CC(=O)N2CCC[C@H](c3[nH]ncc3C(=O)N3CCOCC3)C2)c2ccccc21. The molecule has 168 valence electrons. The number of hydrogen-bond acceptors (Lipinski definition) is 5. The Hall–Kier alpha value is -3.20. The minimum atomic E-state index is -0.294. The number of likely N-dealkylation sites (tertiary alicyclic amines) is 1. The molecule has 2 saturated heterocycles. The summed E-state index contributed by atoms with van der Waals surface area (Å²) in [7, 11) is 0. The number of aromatic nitrogens is 2. The number of carbonyl (C=O) groups is 3. The Labute approximate surface area is 186 Å². The lowest BCUT2D eigenvalue weighted by atomic mass is 9.91. The van der Waals surface area contributed by atoms with Crippen molar-refractivity contribution in [2.75, 3.05) is 39.4 Å². The molecule has 4 heterocycles. The maximum absolute atomic E-state index is 13.1. The van der Waals surface area contributed by atoms with Gasteiger partial charge in [0.1, 0.15) is 0 Å². The number of nitrogens with one attached hydrogen (secondary N) is 2. The van der Waals surface area contributed by atoms with E-state index in [1.54, 1.807) is 17.2 Å². The van der Waals surface area contributed by atoms with Crippen LogP contribution in [-0.2, 0) is 9.53 Å². The second-order valence-corrected chi connectivity index (χ2v) is 8.60. The Morgan fingerprint density at radius 3 is 2.78 bits per heavy atom. The Morgan fingerprint density at radius 2 is 1.94 bits per heavy atom. The average molecular weight is 438 g/mol. The molecule has 0 radical (unpaired) electrons. The van der Waals surface area contributed by atoms with E-state index < -0.39 is 0 Å². The first-order chi connectivity index (χ1) is 15.6. The highest BCUT2D eigenvalue weighted by molar-refractivity contribution is 5.99. The first-order valence-electron chi connectivity index (χ1n) is 11.2. The summed E-state index contributed by atoms with van der Waals surface area (Å²) in [5.74, 6) is -0.123. The molecule has 9 heteroatoms. The van der Waals surface area contributed by atoms with E-state index in [4.69, 9.17) is 4.74 Å². The standard InChI is InChI=1S/C23H27N5O4/c29-20(12-19-16-5-1-2-6-17(16)22(30)25-19)28-7-3-4-15(14-28)21-18(13-24-26-21)23(31)27-8-10-32-11-9-27/h1-2,5-6,13,15,19H,3-4,7-12,14H2,(H,24,26)(H,25,30)/t15-,19-/m0/s1. The topological polar surface area (TPSA) is 108 Å². The lowest BCUT2D eigenvalue weighted by molar-refractivity contribution is -0.132. The van der Waals surface area contributed by atoms with Crippen molar-refractivity contribution in [1.82, 2.24) is 25.3 Å². The zero-order chi connectivity index (χ0) is 22.1. The lowest BCUT2D eigenvalue weighted by Crippen LogP contribution is -2.42. The summed E-state index contributed by atoms with van der Waals surface area (Å²) in [5, 5.41) is 10.1. The van der Waals surface area contributed by atoms with E-state index in [0.717, 1.165) is 24.1 Å². The highest BCUT2D eigenvalue weighted by atomic mass is 16.5. The second kappa shape index (κ2) is 8.74. The number of ether oxygens (including phenoxy) is 1. The monoisotopic (exact) mass is 437 g/mol. The summed E-state index contributed by atoms with van der Waals surface area (Å²) >= 11 is 0. The van der Waals surface area contributed by atoms with Crippen LogP contribution in [-0.4, -0.2) is 77.1 Å². The van der Waals surface area contributed by atoms with E-state index in [0.29, 0.717) is 50.5 Å². The number of rotatable bonds is 4. The molecule has 5 rings (SSSR count). The molecular weight excluding hydrogens is 410 g/mol. The first-order valence-corrected chi connectivity index (χ1v) is 11.2. The van der Waals surface area contributed by atoms with Crippen molar-refractivity contribution in [1.29, 1.82) is 0 Å². The van der Waals surface area contributed by atoms with Crippen LogP contribution in [0.1, 0.15) is 63.2 Å². The molecule has 2 fully saturated rings. The Bertz CT molecular complexity index is 1030. The number of piperidine rings is 1. The number of H-pyrrole nitrogens is 1. The number of hydrogen-bond donors (Lipinski definition) is 2. The smallest absolute Gasteiger partial charge is 0.257 e. The van der Waals surface area contributed by atoms with Gasteiger partial charge >= 0.3 is 0 Å². The summed E-state index contributed by atoms with van der Waals surface area (Å²) in [6, 6.07) is 7.11. The highest BCUT2D eigenvalue weighted by Gasteiger charge is 2.34. The van der Waals surface area contributed by atoms with Crippen molar-refractivity contribution in [3.05, 3.63) is 52.8 Å². The van der Waals surface area contributed by atoms with Gasteiger partial charge in [-0.05, 0) is 24.5 Å². The van der Waals surface area contributed by atoms with Crippen LogP contribution >= 0.6 is 0 Å². The van der Waals surface area contributed by atoms with Gasteiger partial charge in [-0.1, -0.05) is 18.2 Å². The quantitative estimate of drug-likeness (QED) is 0.753. The van der Waals surface area contributed by atoms with Gasteiger partial charge in [-0.25, -0.2) is 0 Å². The second-order valence-electron chi connectivity index (χ2n) is 8.60. The molecule has 1 aromatic carbocycles. The van der Waals surface area contributed by atoms with Crippen LogP contribution in [0, 0.1) is 0 Å². The fraction of sp³-hybridized carbons (Fsp3) is 0.478. The minimum absolute atomic E-state index is 0.0114. The molecule has 3 aliphatic rings. The van der Waals surface area contributed by atoms with E-state index in [1.807, 2.05) is 23.1 Å². The van der Waals surface area contributed by atoms with Gasteiger partial charge in [0.05, 0.1) is 43.1 Å². The van der Waals surface area contributed by atoms with Crippen LogP contribution in [0.5, 0.6) is 0 Å². The number of carbonyl (C=O) groups excluding carboxylic acids is 3. The van der Waals surface area contributed by atoms with Crippen LogP contribution in [0.3, 0.4) is 0 Å². The molecule has 0 bridgehead atoms. The molecule has 32 heavy (non-hydrogen) atoms. The zero-order valence-corrected chi connectivity index (χ0v) is 17.9. The van der Waals surface area contributed by atoms with Gasteiger partial charge in [0, 0.05) is 37.7 Å². The van der Waals surface area contributed by atoms with Crippen molar-refractivity contribution in [2.45, 2.75) is 31.2 Å². The summed E-state index contributed by atoms with van der Waals surface area (Å²) in [6.45, 7) is 3.46. The number of nitrogens with zero attached hydrogens (tertiary/aromatic N) is 3. The molecule has 9 nitrogen and oxygen atoms in total. The fourth-order valence-electron chi connectivity index (χ4n) is 4.94. The summed E-state index contributed by atoms with van der Waals surface area (Å²) in [5.41, 5.74) is 2.92. The third kappa shape index (κ3) is 3.88. The maximum atomic E-state index is 13.1. The number of fused-ring (bicyclic) bond motifs is 1. The Morgan fingerprint density at radius 1 is 1.12 bits per heavy atom. The molecule has 0 aliphatic carbocycles. The van der Waals surface area contributed by atoms with Gasteiger partial charge in [0.15, 0.2) is 0 Å². The Balaban J connectivity index is 1.27. The summed E-state index contributed by atoms with van der Waals surface area (Å²) < 4.78 is 5.35. The number of amides is 3. The molecule has 0 spiro atoms. The van der Waals surface area contributed by atoms with E-state index in [9.17, 15) is 14.4 Å². The van der Waals surface area contributed by atoms with Crippen molar-refractivity contribution < 1.29 is 19.1 Å². The van der Waals surface area contributed by atoms with E-state index >= 15 is 0 Å². The molecule has 0 saturated carbocycles. The van der Waals surface area contributed by atoms with Crippen molar-refractivity contribution in [3.63, 3.8) is 0 Å². The molecule has 1 aromatic heterocycles. The van der Waals surface area contributed by atoms with Crippen LogP contribution < -0.4 is 5.32 Å². The molecule has 3 amide bonds. The van der Waals surface area contributed by atoms with Crippen LogP contribution in [0.2, 0.25) is 0 Å². The number of morpholine rings is 1. The van der Waals surface area contributed by atoms with Gasteiger partial charge in [-0.3, -0.25) is 19.5 Å². The van der Waals surface area contributed by atoms with Gasteiger partial charge in [-0.15, -0.1) is 0 Å². The predicted molar refractivity (Wildman–Crippen MR) is 115 cm³/mol. The van der Waals surface area contributed by atoms with Gasteiger partial charge < -0.3 is 19.9 Å². The molecular formula is C23H27N5O4.